The number of para-hydroxylation sites is 1. The minimum atomic E-state index is -0.661. The maximum Gasteiger partial charge on any atom is 0.255 e. The molecule has 0 bridgehead atoms. The summed E-state index contributed by atoms with van der Waals surface area (Å²) in [5.74, 6) is -1.98. The second-order valence-corrected chi connectivity index (χ2v) is 17.5. The first kappa shape index (κ1) is 41.9. The predicted molar refractivity (Wildman–Crippen MR) is 237 cm³/mol. The lowest BCUT2D eigenvalue weighted by molar-refractivity contribution is -0.134. The molecule has 4 heterocycles. The van der Waals surface area contributed by atoms with Crippen molar-refractivity contribution in [2.75, 3.05) is 53.6 Å². The van der Waals surface area contributed by atoms with Gasteiger partial charge in [-0.15, -0.1) is 0 Å². The number of benzene rings is 4. The van der Waals surface area contributed by atoms with Crippen LogP contribution in [0.5, 0.6) is 0 Å². The molecule has 5 N–H and O–H groups in total. The molecule has 1 atom stereocenters. The number of likely N-dealkylation sites (tertiary alicyclic amines) is 1. The summed E-state index contributed by atoms with van der Waals surface area (Å²) in [6.45, 7) is 4.61. The fourth-order valence-corrected chi connectivity index (χ4v) is 9.51. The molecule has 3 aliphatic heterocycles. The van der Waals surface area contributed by atoms with Crippen LogP contribution in [-0.4, -0.2) is 77.3 Å². The van der Waals surface area contributed by atoms with E-state index in [0.717, 1.165) is 64.6 Å². The molecule has 1 spiro atoms. The third-order valence-corrected chi connectivity index (χ3v) is 12.9. The number of halogens is 3. The highest BCUT2D eigenvalue weighted by Gasteiger charge is 2.52. The van der Waals surface area contributed by atoms with Gasteiger partial charge in [0.25, 0.3) is 11.8 Å². The molecule has 4 aromatic carbocycles. The van der Waals surface area contributed by atoms with Gasteiger partial charge in [-0.3, -0.25) is 24.5 Å². The van der Waals surface area contributed by atoms with Crippen LogP contribution in [0.1, 0.15) is 70.7 Å². The number of piperidine rings is 2. The molecule has 16 heteroatoms. The SMILES string of the molecule is O=C1CCC(c2ccc(N3CCC(CN4CC5(CC(NC(=O)c6ccc(Nc7ncc(F)c(Nc8ccc(C(=O)Nc9ccccc9Cl)cc8)n7)cc6)C5)C4)CC3)c(F)c2)C(=O)N1. The van der Waals surface area contributed by atoms with Crippen molar-refractivity contribution in [1.29, 1.82) is 0 Å². The number of hydrogen-bond donors (Lipinski definition) is 5. The summed E-state index contributed by atoms with van der Waals surface area (Å²) in [5.41, 5.74) is 3.96. The molecule has 9 rings (SSSR count). The Morgan fingerprint density at radius 3 is 2.19 bits per heavy atom. The van der Waals surface area contributed by atoms with Crippen LogP contribution in [0, 0.1) is 23.0 Å². The third kappa shape index (κ3) is 9.49. The van der Waals surface area contributed by atoms with Crippen molar-refractivity contribution in [3.05, 3.63) is 131 Å². The van der Waals surface area contributed by atoms with Gasteiger partial charge in [-0.1, -0.05) is 29.8 Å². The number of anilines is 6. The zero-order valence-electron chi connectivity index (χ0n) is 34.3. The zero-order valence-corrected chi connectivity index (χ0v) is 35.1. The fourth-order valence-electron chi connectivity index (χ4n) is 9.32. The molecule has 5 aromatic rings. The third-order valence-electron chi connectivity index (χ3n) is 12.6. The van der Waals surface area contributed by atoms with E-state index in [4.69, 9.17) is 11.6 Å². The summed E-state index contributed by atoms with van der Waals surface area (Å²) in [6, 6.07) is 25.5. The predicted octanol–water partition coefficient (Wildman–Crippen LogP) is 7.78. The van der Waals surface area contributed by atoms with E-state index < -0.39 is 11.7 Å². The summed E-state index contributed by atoms with van der Waals surface area (Å²) in [7, 11) is 0. The number of carbonyl (C=O) groups excluding carboxylic acids is 4. The normalized spacial score (nSPS) is 18.8. The van der Waals surface area contributed by atoms with Gasteiger partial charge in [0.15, 0.2) is 11.6 Å². The van der Waals surface area contributed by atoms with Gasteiger partial charge >= 0.3 is 0 Å². The van der Waals surface area contributed by atoms with Crippen molar-refractivity contribution >= 4 is 69.7 Å². The van der Waals surface area contributed by atoms with Crippen molar-refractivity contribution in [2.24, 2.45) is 11.3 Å². The van der Waals surface area contributed by atoms with E-state index >= 15 is 4.39 Å². The number of nitrogens with zero attached hydrogens (tertiary/aromatic N) is 4. The van der Waals surface area contributed by atoms with Gasteiger partial charge in [-0.05, 0) is 122 Å². The summed E-state index contributed by atoms with van der Waals surface area (Å²) in [4.78, 5) is 62.6. The number of nitrogens with one attached hydrogen (secondary N) is 5. The quantitative estimate of drug-likeness (QED) is 0.0784. The second kappa shape index (κ2) is 17.7. The molecule has 3 saturated heterocycles. The van der Waals surface area contributed by atoms with E-state index in [2.05, 4.69) is 46.4 Å². The molecule has 1 aliphatic carbocycles. The molecule has 4 amide bonds. The summed E-state index contributed by atoms with van der Waals surface area (Å²) in [5, 5.41) is 14.7. The lowest BCUT2D eigenvalue weighted by atomic mass is 9.60. The standard InChI is InChI=1S/C47H46ClF2N9O4/c48-36-3-1-2-4-39(36)55-44(62)30-5-10-32(11-6-30)52-42-38(50)24-51-46(57-42)54-33-12-7-29(8-13-33)43(61)53-34-22-47(23-34)26-58(27-47)25-28-17-19-59(20-18-28)40-15-9-31(21-37(40)49)35-14-16-41(60)56-45(35)63/h1-13,15,21,24,28,34-35H,14,16-20,22-23,25-27H2,(H,53,61)(H,55,62)(H,56,60,63)(H2,51,52,54,57). The minimum Gasteiger partial charge on any atom is -0.369 e. The number of carbonyl (C=O) groups is 4. The molecule has 1 aromatic heterocycles. The molecule has 4 aliphatic rings. The number of hydrogen-bond acceptors (Lipinski definition) is 10. The lowest BCUT2D eigenvalue weighted by Crippen LogP contribution is -2.67. The van der Waals surface area contributed by atoms with Gasteiger partial charge in [-0.2, -0.15) is 4.98 Å². The molecule has 0 radical (unpaired) electrons. The minimum absolute atomic E-state index is 0.0580. The van der Waals surface area contributed by atoms with Crippen LogP contribution in [0.15, 0.2) is 97.2 Å². The number of rotatable bonds is 12. The number of aromatic nitrogens is 2. The highest BCUT2D eigenvalue weighted by molar-refractivity contribution is 6.33. The Morgan fingerprint density at radius 2 is 1.51 bits per heavy atom. The smallest absolute Gasteiger partial charge is 0.255 e. The van der Waals surface area contributed by atoms with Crippen LogP contribution in [0.25, 0.3) is 0 Å². The highest BCUT2D eigenvalue weighted by Crippen LogP contribution is 2.49. The molecular formula is C47H46ClF2N9O4. The van der Waals surface area contributed by atoms with Gasteiger partial charge in [0.1, 0.15) is 5.82 Å². The molecule has 1 unspecified atom stereocenters. The van der Waals surface area contributed by atoms with Crippen LogP contribution in [-0.2, 0) is 9.59 Å². The Balaban J connectivity index is 0.690. The maximum absolute atomic E-state index is 15.2. The van der Waals surface area contributed by atoms with E-state index in [0.29, 0.717) is 56.8 Å². The number of imide groups is 1. The van der Waals surface area contributed by atoms with Crippen molar-refractivity contribution < 1.29 is 28.0 Å². The second-order valence-electron chi connectivity index (χ2n) is 17.1. The van der Waals surface area contributed by atoms with Crippen molar-refractivity contribution in [3.8, 4) is 0 Å². The Hall–Kier alpha value is -6.45. The van der Waals surface area contributed by atoms with Crippen molar-refractivity contribution in [2.45, 2.75) is 50.5 Å². The molecule has 324 valence electrons. The largest absolute Gasteiger partial charge is 0.369 e. The molecule has 13 nitrogen and oxygen atoms in total. The van der Waals surface area contributed by atoms with E-state index in [1.807, 2.05) is 6.07 Å². The fraction of sp³-hybridized carbons (Fsp3) is 0.319. The highest BCUT2D eigenvalue weighted by atomic mass is 35.5. The number of amides is 4. The van der Waals surface area contributed by atoms with Crippen LogP contribution in [0.3, 0.4) is 0 Å². The van der Waals surface area contributed by atoms with Crippen molar-refractivity contribution in [1.82, 2.24) is 25.5 Å². The zero-order chi connectivity index (χ0) is 43.7. The van der Waals surface area contributed by atoms with Crippen LogP contribution < -0.4 is 31.5 Å². The first-order chi connectivity index (χ1) is 30.5. The van der Waals surface area contributed by atoms with Gasteiger partial charge in [-0.25, -0.2) is 13.8 Å². The molecule has 63 heavy (non-hydrogen) atoms. The Kier molecular flexibility index (Phi) is 11.8. The van der Waals surface area contributed by atoms with Crippen molar-refractivity contribution in [3.63, 3.8) is 0 Å². The first-order valence-corrected chi connectivity index (χ1v) is 21.6. The van der Waals surface area contributed by atoms with Crippen LogP contribution in [0.2, 0.25) is 5.02 Å². The summed E-state index contributed by atoms with van der Waals surface area (Å²) < 4.78 is 29.9. The summed E-state index contributed by atoms with van der Waals surface area (Å²) >= 11 is 6.15. The van der Waals surface area contributed by atoms with Gasteiger partial charge in [0.05, 0.1) is 28.5 Å². The lowest BCUT2D eigenvalue weighted by Gasteiger charge is -2.60. The van der Waals surface area contributed by atoms with Gasteiger partial charge in [0, 0.05) is 67.7 Å². The average molecular weight is 874 g/mol. The van der Waals surface area contributed by atoms with Gasteiger partial charge in [0.2, 0.25) is 17.8 Å². The van der Waals surface area contributed by atoms with Gasteiger partial charge < -0.3 is 31.1 Å². The van der Waals surface area contributed by atoms with E-state index in [-0.39, 0.29) is 59.1 Å². The molecule has 1 saturated carbocycles. The summed E-state index contributed by atoms with van der Waals surface area (Å²) in [6.07, 6.45) is 5.56. The maximum atomic E-state index is 15.2. The van der Waals surface area contributed by atoms with Crippen LogP contribution >= 0.6 is 11.6 Å². The van der Waals surface area contributed by atoms with E-state index in [9.17, 15) is 23.6 Å². The Bertz CT molecular complexity index is 2540. The van der Waals surface area contributed by atoms with E-state index in [1.165, 1.54) is 6.07 Å². The monoisotopic (exact) mass is 873 g/mol. The Morgan fingerprint density at radius 1 is 0.825 bits per heavy atom. The average Bonchev–Trinajstić information content (AvgIpc) is 3.25. The van der Waals surface area contributed by atoms with E-state index in [1.54, 1.807) is 78.9 Å². The first-order valence-electron chi connectivity index (χ1n) is 21.2. The molecular weight excluding hydrogens is 828 g/mol. The topological polar surface area (TPSA) is 161 Å². The van der Waals surface area contributed by atoms with Crippen LogP contribution in [0.4, 0.5) is 43.3 Å². The molecule has 4 fully saturated rings. The Labute approximate surface area is 368 Å².